The number of hydrogen-bond donors (Lipinski definition) is 0. The van der Waals surface area contributed by atoms with Gasteiger partial charge in [0.05, 0.1) is 25.1 Å². The van der Waals surface area contributed by atoms with E-state index in [-0.39, 0.29) is 16.8 Å². The van der Waals surface area contributed by atoms with Crippen molar-refractivity contribution in [2.45, 2.75) is 58.8 Å². The van der Waals surface area contributed by atoms with Crippen molar-refractivity contribution in [3.8, 4) is 0 Å². The molecule has 0 aromatic carbocycles. The molecule has 0 amide bonds. The van der Waals surface area contributed by atoms with Gasteiger partial charge in [-0.25, -0.2) is 0 Å². The Kier molecular flexibility index (Phi) is 4.63. The number of allylic oxidation sites excluding steroid dienone is 1. The van der Waals surface area contributed by atoms with Crippen molar-refractivity contribution in [2.24, 2.45) is 22.7 Å². The van der Waals surface area contributed by atoms with Gasteiger partial charge in [-0.05, 0) is 74.3 Å². The number of carbonyl (C=O) groups is 1. The van der Waals surface area contributed by atoms with Gasteiger partial charge in [0.25, 0.3) is 0 Å². The van der Waals surface area contributed by atoms with Crippen molar-refractivity contribution in [1.29, 1.82) is 0 Å². The van der Waals surface area contributed by atoms with Gasteiger partial charge in [-0.3, -0.25) is 4.79 Å². The van der Waals surface area contributed by atoms with Crippen molar-refractivity contribution in [3.63, 3.8) is 0 Å². The lowest BCUT2D eigenvalue weighted by molar-refractivity contribution is -0.168. The monoisotopic (exact) mass is 330 g/mol. The molecule has 3 rings (SSSR count). The van der Waals surface area contributed by atoms with Gasteiger partial charge >= 0.3 is 5.97 Å². The number of ether oxygens (including phenoxy) is 1. The lowest BCUT2D eigenvalue weighted by Crippen LogP contribution is -2.53. The summed E-state index contributed by atoms with van der Waals surface area (Å²) in [6.07, 6.45) is 11.0. The summed E-state index contributed by atoms with van der Waals surface area (Å²) in [5.74, 6) is 0.820. The first-order valence-electron chi connectivity index (χ1n) is 9.19. The van der Waals surface area contributed by atoms with Crippen molar-refractivity contribution in [2.75, 3.05) is 7.11 Å². The Morgan fingerprint density at radius 1 is 1.42 bits per heavy atom. The number of esters is 1. The summed E-state index contributed by atoms with van der Waals surface area (Å²) in [5.41, 5.74) is 2.41. The quantitative estimate of drug-likeness (QED) is 0.565. The zero-order valence-corrected chi connectivity index (χ0v) is 15.3. The maximum absolute atomic E-state index is 12.6. The summed E-state index contributed by atoms with van der Waals surface area (Å²) in [5, 5.41) is 0. The average molecular weight is 330 g/mol. The number of methoxy groups -OCH3 is 1. The Morgan fingerprint density at radius 3 is 2.88 bits per heavy atom. The number of furan rings is 1. The first-order valence-corrected chi connectivity index (χ1v) is 9.19. The highest BCUT2D eigenvalue weighted by Crippen LogP contribution is 2.62. The van der Waals surface area contributed by atoms with Crippen LogP contribution < -0.4 is 0 Å². The van der Waals surface area contributed by atoms with Crippen LogP contribution in [-0.4, -0.2) is 13.1 Å². The zero-order chi connectivity index (χ0) is 17.4. The fourth-order valence-corrected chi connectivity index (χ4v) is 5.71. The van der Waals surface area contributed by atoms with Crippen molar-refractivity contribution in [1.82, 2.24) is 0 Å². The van der Waals surface area contributed by atoms with Gasteiger partial charge in [0.1, 0.15) is 0 Å². The molecule has 2 fully saturated rings. The van der Waals surface area contributed by atoms with Gasteiger partial charge in [0.2, 0.25) is 0 Å². The molecule has 0 radical (unpaired) electrons. The molecule has 0 spiro atoms. The molecule has 0 saturated heterocycles. The van der Waals surface area contributed by atoms with Gasteiger partial charge in [-0.15, -0.1) is 0 Å². The Morgan fingerprint density at radius 2 is 2.21 bits per heavy atom. The average Bonchev–Trinajstić information content (AvgIpc) is 3.06. The lowest BCUT2D eigenvalue weighted by atomic mass is 9.46. The number of hydrogen-bond acceptors (Lipinski definition) is 3. The summed E-state index contributed by atoms with van der Waals surface area (Å²) in [6, 6.07) is 2.05. The summed E-state index contributed by atoms with van der Waals surface area (Å²) >= 11 is 0. The SMILES string of the molecule is C=C1CC[C@H]2[C@@](C)(CCC[C@]2(C)C(=O)OC)[C@H]1CCc1ccoc1. The van der Waals surface area contributed by atoms with Crippen LogP contribution in [-0.2, 0) is 16.0 Å². The van der Waals surface area contributed by atoms with E-state index >= 15 is 0 Å². The molecule has 0 bridgehead atoms. The predicted molar refractivity (Wildman–Crippen MR) is 94.5 cm³/mol. The fraction of sp³-hybridized carbons (Fsp3) is 0.667. The number of fused-ring (bicyclic) bond motifs is 1. The molecule has 0 N–H and O–H groups in total. The van der Waals surface area contributed by atoms with Crippen molar-refractivity contribution in [3.05, 3.63) is 36.3 Å². The van der Waals surface area contributed by atoms with Crippen LogP contribution in [0.3, 0.4) is 0 Å². The first-order chi connectivity index (χ1) is 11.4. The largest absolute Gasteiger partial charge is 0.472 e. The van der Waals surface area contributed by atoms with Crippen LogP contribution in [0.2, 0.25) is 0 Å². The molecule has 0 aliphatic heterocycles. The summed E-state index contributed by atoms with van der Waals surface area (Å²) in [7, 11) is 1.53. The van der Waals surface area contributed by atoms with Crippen LogP contribution in [0, 0.1) is 22.7 Å². The molecule has 2 saturated carbocycles. The maximum Gasteiger partial charge on any atom is 0.311 e. The third-order valence-corrected chi connectivity index (χ3v) is 6.97. The summed E-state index contributed by atoms with van der Waals surface area (Å²) < 4.78 is 10.4. The molecule has 4 atom stereocenters. The van der Waals surface area contributed by atoms with E-state index in [1.165, 1.54) is 24.7 Å². The highest BCUT2D eigenvalue weighted by Gasteiger charge is 2.57. The van der Waals surface area contributed by atoms with E-state index in [0.29, 0.717) is 11.8 Å². The van der Waals surface area contributed by atoms with Gasteiger partial charge in [-0.1, -0.05) is 25.5 Å². The van der Waals surface area contributed by atoms with Crippen LogP contribution in [0.5, 0.6) is 0 Å². The Balaban J connectivity index is 1.86. The Hall–Kier alpha value is -1.51. The predicted octanol–water partition coefficient (Wildman–Crippen LogP) is 5.16. The molecule has 2 aliphatic rings. The zero-order valence-electron chi connectivity index (χ0n) is 15.3. The van der Waals surface area contributed by atoms with E-state index in [9.17, 15) is 4.79 Å². The number of rotatable bonds is 4. The van der Waals surface area contributed by atoms with Crippen molar-refractivity contribution < 1.29 is 13.9 Å². The van der Waals surface area contributed by atoms with Crippen LogP contribution in [0.1, 0.15) is 57.9 Å². The van der Waals surface area contributed by atoms with E-state index in [2.05, 4.69) is 20.4 Å². The molecular weight excluding hydrogens is 300 g/mol. The normalized spacial score (nSPS) is 36.2. The standard InChI is InChI=1S/C21H30O3/c1-15-6-9-18-20(2,11-5-12-21(18,3)19(22)23-4)17(15)8-7-16-10-13-24-14-16/h10,13-14,17-18H,1,5-9,11-12H2,2-4H3/t17-,18-,20-,21-/m0/s1. The first kappa shape index (κ1) is 17.3. The number of aryl methyl sites for hydroxylation is 1. The van der Waals surface area contributed by atoms with E-state index in [4.69, 9.17) is 9.15 Å². The molecule has 1 aromatic heterocycles. The molecule has 132 valence electrons. The topological polar surface area (TPSA) is 39.4 Å². The van der Waals surface area contributed by atoms with E-state index < -0.39 is 0 Å². The summed E-state index contributed by atoms with van der Waals surface area (Å²) in [4.78, 5) is 12.6. The lowest BCUT2D eigenvalue weighted by Gasteiger charge is -2.57. The second-order valence-corrected chi connectivity index (χ2v) is 8.24. The van der Waals surface area contributed by atoms with Crippen LogP contribution >= 0.6 is 0 Å². The molecule has 0 unspecified atom stereocenters. The Bertz CT molecular complexity index is 603. The highest BCUT2D eigenvalue weighted by atomic mass is 16.5. The van der Waals surface area contributed by atoms with Gasteiger partial charge < -0.3 is 9.15 Å². The number of carbonyl (C=O) groups excluding carboxylic acids is 1. The van der Waals surface area contributed by atoms with Crippen molar-refractivity contribution >= 4 is 5.97 Å². The minimum Gasteiger partial charge on any atom is -0.472 e. The van der Waals surface area contributed by atoms with E-state index in [1.54, 1.807) is 6.26 Å². The third kappa shape index (κ3) is 2.72. The molecule has 24 heavy (non-hydrogen) atoms. The van der Waals surface area contributed by atoms with E-state index in [1.807, 2.05) is 12.3 Å². The van der Waals surface area contributed by atoms with Gasteiger partial charge in [0.15, 0.2) is 0 Å². The second kappa shape index (κ2) is 6.42. The highest BCUT2D eigenvalue weighted by molar-refractivity contribution is 5.77. The van der Waals surface area contributed by atoms with E-state index in [0.717, 1.165) is 38.5 Å². The van der Waals surface area contributed by atoms with Crippen LogP contribution in [0.15, 0.2) is 35.2 Å². The molecular formula is C21H30O3. The maximum atomic E-state index is 12.6. The minimum absolute atomic E-state index is 0.0282. The molecule has 2 aliphatic carbocycles. The minimum atomic E-state index is -0.351. The van der Waals surface area contributed by atoms with Crippen LogP contribution in [0.4, 0.5) is 0 Å². The fourth-order valence-electron chi connectivity index (χ4n) is 5.71. The molecule has 1 aromatic rings. The van der Waals surface area contributed by atoms with Crippen LogP contribution in [0.25, 0.3) is 0 Å². The van der Waals surface area contributed by atoms with Gasteiger partial charge in [-0.2, -0.15) is 0 Å². The molecule has 3 nitrogen and oxygen atoms in total. The Labute approximate surface area is 145 Å². The molecule has 3 heteroatoms. The third-order valence-electron chi connectivity index (χ3n) is 6.97. The summed E-state index contributed by atoms with van der Waals surface area (Å²) in [6.45, 7) is 8.92. The van der Waals surface area contributed by atoms with Gasteiger partial charge in [0, 0.05) is 0 Å². The second-order valence-electron chi connectivity index (χ2n) is 8.24. The molecule has 1 heterocycles. The smallest absolute Gasteiger partial charge is 0.311 e.